The summed E-state index contributed by atoms with van der Waals surface area (Å²) in [4.78, 5) is 13.1. The van der Waals surface area contributed by atoms with E-state index in [-0.39, 0.29) is 19.5 Å². The molecular weight excluding hydrogens is 500 g/mol. The molecule has 0 aliphatic carbocycles. The van der Waals surface area contributed by atoms with Crippen LogP contribution in [0.5, 0.6) is 34.6 Å². The predicted octanol–water partition coefficient (Wildman–Crippen LogP) is 5.53. The second-order valence-electron chi connectivity index (χ2n) is 8.32. The van der Waals surface area contributed by atoms with Crippen molar-refractivity contribution in [1.29, 1.82) is 0 Å². The molecule has 1 aliphatic heterocycles. The van der Waals surface area contributed by atoms with E-state index in [4.69, 9.17) is 40.0 Å². The third kappa shape index (κ3) is 5.05. The Morgan fingerprint density at radius 1 is 1.00 bits per heavy atom. The molecule has 2 aromatic carbocycles. The van der Waals surface area contributed by atoms with Gasteiger partial charge in [-0.15, -0.1) is 0 Å². The van der Waals surface area contributed by atoms with Crippen molar-refractivity contribution in [2.75, 3.05) is 26.3 Å². The summed E-state index contributed by atoms with van der Waals surface area (Å²) in [5.74, 6) is 3.74. The summed E-state index contributed by atoms with van der Waals surface area (Å²) in [5.41, 5.74) is 1.97. The van der Waals surface area contributed by atoms with Gasteiger partial charge >= 0.3 is 0 Å². The monoisotopic (exact) mass is 524 g/mol. The van der Waals surface area contributed by atoms with Gasteiger partial charge in [-0.05, 0) is 26.0 Å². The average molecular weight is 525 g/mol. The first-order chi connectivity index (χ1) is 18.0. The van der Waals surface area contributed by atoms with Gasteiger partial charge in [-0.25, -0.2) is 15.0 Å². The molecule has 5 rings (SSSR count). The number of rotatable bonds is 9. The standard InChI is InChI=1S/C26H25ClN4O6/c1-14(2)37-21-9-17(34-11-15-5-6-16(32-3)8-20(15)33-4)7-19-22(21)25(30-12-29-19)31-23-18(27)10-28-26-24(23)35-13-36-26/h5-10,12,14H,11,13H2,1-4H3,(H,28,29,30,31). The molecule has 0 spiro atoms. The molecule has 0 radical (unpaired) electrons. The van der Waals surface area contributed by atoms with Crippen LogP contribution in [0.15, 0.2) is 42.9 Å². The van der Waals surface area contributed by atoms with Gasteiger partial charge in [0.1, 0.15) is 47.4 Å². The van der Waals surface area contributed by atoms with Crippen LogP contribution in [-0.2, 0) is 6.61 Å². The van der Waals surface area contributed by atoms with Gasteiger partial charge in [-0.1, -0.05) is 11.6 Å². The van der Waals surface area contributed by atoms with Gasteiger partial charge in [0, 0.05) is 23.8 Å². The SMILES string of the molecule is COc1ccc(COc2cc(OC(C)C)c3c(Nc4c(Cl)cnc5c4OCO5)ncnc3c2)c(OC)c1. The molecule has 2 aromatic heterocycles. The smallest absolute Gasteiger partial charge is 0.262 e. The molecule has 0 saturated heterocycles. The summed E-state index contributed by atoms with van der Waals surface area (Å²) in [6.45, 7) is 4.21. The molecule has 192 valence electrons. The molecule has 1 N–H and O–H groups in total. The van der Waals surface area contributed by atoms with Gasteiger partial charge in [0.05, 0.1) is 42.4 Å². The van der Waals surface area contributed by atoms with E-state index < -0.39 is 0 Å². The van der Waals surface area contributed by atoms with Crippen molar-refractivity contribution in [3.05, 3.63) is 53.4 Å². The highest BCUT2D eigenvalue weighted by Gasteiger charge is 2.24. The first-order valence-electron chi connectivity index (χ1n) is 11.5. The second-order valence-corrected chi connectivity index (χ2v) is 8.73. The Kier molecular flexibility index (Phi) is 6.91. The van der Waals surface area contributed by atoms with Gasteiger partial charge in [-0.2, -0.15) is 0 Å². The van der Waals surface area contributed by atoms with Crippen LogP contribution in [0.25, 0.3) is 10.9 Å². The van der Waals surface area contributed by atoms with Gasteiger partial charge < -0.3 is 33.7 Å². The first-order valence-corrected chi connectivity index (χ1v) is 11.8. The highest BCUT2D eigenvalue weighted by Crippen LogP contribution is 2.44. The van der Waals surface area contributed by atoms with Crippen LogP contribution in [0.1, 0.15) is 19.4 Å². The van der Waals surface area contributed by atoms with Crippen LogP contribution in [0.2, 0.25) is 5.02 Å². The normalized spacial score (nSPS) is 12.1. The second kappa shape index (κ2) is 10.4. The van der Waals surface area contributed by atoms with Crippen molar-refractivity contribution in [3.63, 3.8) is 0 Å². The molecule has 0 amide bonds. The van der Waals surface area contributed by atoms with Crippen LogP contribution in [0.3, 0.4) is 0 Å². The molecule has 3 heterocycles. The number of nitrogens with zero attached hydrogens (tertiary/aromatic N) is 3. The number of halogens is 1. The Hall–Kier alpha value is -4.18. The van der Waals surface area contributed by atoms with Crippen LogP contribution in [0, 0.1) is 0 Å². The Bertz CT molecular complexity index is 1450. The largest absolute Gasteiger partial charge is 0.497 e. The number of benzene rings is 2. The van der Waals surface area contributed by atoms with E-state index in [1.807, 2.05) is 44.2 Å². The Morgan fingerprint density at radius 3 is 2.62 bits per heavy atom. The van der Waals surface area contributed by atoms with Gasteiger partial charge in [-0.3, -0.25) is 0 Å². The molecular formula is C26H25ClN4O6. The maximum absolute atomic E-state index is 6.43. The highest BCUT2D eigenvalue weighted by molar-refractivity contribution is 6.33. The fraction of sp³-hybridized carbons (Fsp3) is 0.269. The minimum atomic E-state index is -0.112. The first kappa shape index (κ1) is 24.5. The summed E-state index contributed by atoms with van der Waals surface area (Å²) >= 11 is 6.43. The van der Waals surface area contributed by atoms with E-state index in [2.05, 4.69) is 20.3 Å². The molecule has 10 nitrogen and oxygen atoms in total. The van der Waals surface area contributed by atoms with Crippen LogP contribution in [0.4, 0.5) is 11.5 Å². The molecule has 0 saturated carbocycles. The zero-order chi connectivity index (χ0) is 25.9. The van der Waals surface area contributed by atoms with Crippen molar-refractivity contribution in [2.24, 2.45) is 0 Å². The topological polar surface area (TPSA) is 106 Å². The molecule has 37 heavy (non-hydrogen) atoms. The van der Waals surface area contributed by atoms with Crippen LogP contribution >= 0.6 is 11.6 Å². The van der Waals surface area contributed by atoms with Crippen molar-refractivity contribution >= 4 is 34.0 Å². The van der Waals surface area contributed by atoms with Crippen molar-refractivity contribution < 1.29 is 28.4 Å². The average Bonchev–Trinajstić information content (AvgIpc) is 3.38. The van der Waals surface area contributed by atoms with E-state index in [1.54, 1.807) is 14.2 Å². The van der Waals surface area contributed by atoms with Gasteiger partial charge in [0.25, 0.3) is 5.88 Å². The predicted molar refractivity (Wildman–Crippen MR) is 138 cm³/mol. The number of hydrogen-bond acceptors (Lipinski definition) is 10. The summed E-state index contributed by atoms with van der Waals surface area (Å²) in [5, 5.41) is 4.27. The zero-order valence-corrected chi connectivity index (χ0v) is 21.5. The summed E-state index contributed by atoms with van der Waals surface area (Å²) < 4.78 is 34.0. The lowest BCUT2D eigenvalue weighted by atomic mass is 10.1. The number of pyridine rings is 1. The number of aromatic nitrogens is 3. The number of nitrogens with one attached hydrogen (secondary N) is 1. The molecule has 0 atom stereocenters. The molecule has 4 aromatic rings. The van der Waals surface area contributed by atoms with E-state index in [9.17, 15) is 0 Å². The number of hydrogen-bond donors (Lipinski definition) is 1. The lowest BCUT2D eigenvalue weighted by Crippen LogP contribution is -2.08. The van der Waals surface area contributed by atoms with Crippen molar-refractivity contribution in [3.8, 4) is 34.6 Å². The zero-order valence-electron chi connectivity index (χ0n) is 20.7. The highest BCUT2D eigenvalue weighted by atomic mass is 35.5. The fourth-order valence-corrected chi connectivity index (χ4v) is 4.04. The van der Waals surface area contributed by atoms with E-state index in [1.165, 1.54) is 12.5 Å². The minimum Gasteiger partial charge on any atom is -0.497 e. The van der Waals surface area contributed by atoms with E-state index in [0.717, 1.165) is 5.56 Å². The van der Waals surface area contributed by atoms with Gasteiger partial charge in [0.15, 0.2) is 0 Å². The fourth-order valence-electron chi connectivity index (χ4n) is 3.86. The summed E-state index contributed by atoms with van der Waals surface area (Å²) in [6.07, 6.45) is 2.83. The third-order valence-electron chi connectivity index (χ3n) is 5.52. The van der Waals surface area contributed by atoms with Crippen LogP contribution < -0.4 is 33.7 Å². The Labute approximate surface area is 218 Å². The number of ether oxygens (including phenoxy) is 6. The number of anilines is 2. The molecule has 0 bridgehead atoms. The summed E-state index contributed by atoms with van der Waals surface area (Å²) in [7, 11) is 3.22. The quantitative estimate of drug-likeness (QED) is 0.300. The maximum Gasteiger partial charge on any atom is 0.262 e. The number of fused-ring (bicyclic) bond motifs is 2. The Balaban J connectivity index is 1.51. The van der Waals surface area contributed by atoms with E-state index in [0.29, 0.717) is 62.1 Å². The molecule has 0 fully saturated rings. The third-order valence-corrected chi connectivity index (χ3v) is 5.81. The summed E-state index contributed by atoms with van der Waals surface area (Å²) in [6, 6.07) is 9.20. The van der Waals surface area contributed by atoms with Gasteiger partial charge in [0.2, 0.25) is 12.5 Å². The van der Waals surface area contributed by atoms with Crippen molar-refractivity contribution in [2.45, 2.75) is 26.6 Å². The Morgan fingerprint density at radius 2 is 1.84 bits per heavy atom. The lowest BCUT2D eigenvalue weighted by Gasteiger charge is -2.18. The maximum atomic E-state index is 6.43. The van der Waals surface area contributed by atoms with Crippen molar-refractivity contribution in [1.82, 2.24) is 15.0 Å². The minimum absolute atomic E-state index is 0.0588. The lowest BCUT2D eigenvalue weighted by molar-refractivity contribution is 0.171. The van der Waals surface area contributed by atoms with Crippen LogP contribution in [-0.4, -0.2) is 42.1 Å². The van der Waals surface area contributed by atoms with E-state index >= 15 is 0 Å². The molecule has 0 unspecified atom stereocenters. The molecule has 1 aliphatic rings. The number of methoxy groups -OCH3 is 2. The molecule has 11 heteroatoms.